The fraction of sp³-hybridized carbons (Fsp3) is 0.611. The summed E-state index contributed by atoms with van der Waals surface area (Å²) in [5, 5.41) is 8.92. The van der Waals surface area contributed by atoms with Crippen LogP contribution in [0, 0.1) is 13.8 Å². The standard InChI is InChI=1S/C18H24N4OS/c1-12-11-14(13(2)24-12)18(23)21-10-6-7-15(21)17-20-19-16-8-4-3-5-9-22(16)17/h11,15H,3-10H2,1-2H3/t15-/m1/s1. The lowest BCUT2D eigenvalue weighted by atomic mass is 10.1. The highest BCUT2D eigenvalue weighted by atomic mass is 32.1. The van der Waals surface area contributed by atoms with E-state index in [1.54, 1.807) is 11.3 Å². The molecule has 0 N–H and O–H groups in total. The topological polar surface area (TPSA) is 51.0 Å². The Morgan fingerprint density at radius 2 is 2.04 bits per heavy atom. The first-order valence-electron chi connectivity index (χ1n) is 8.95. The van der Waals surface area contributed by atoms with E-state index in [9.17, 15) is 4.79 Å². The lowest BCUT2D eigenvalue weighted by molar-refractivity contribution is 0.0727. The summed E-state index contributed by atoms with van der Waals surface area (Å²) in [5.74, 6) is 2.26. The Morgan fingerprint density at radius 1 is 1.17 bits per heavy atom. The molecule has 2 aromatic rings. The van der Waals surface area contributed by atoms with Gasteiger partial charge in [0.1, 0.15) is 5.82 Å². The summed E-state index contributed by atoms with van der Waals surface area (Å²) in [7, 11) is 0. The van der Waals surface area contributed by atoms with Crippen molar-refractivity contribution in [2.75, 3.05) is 6.54 Å². The van der Waals surface area contributed by atoms with Crippen molar-refractivity contribution >= 4 is 17.2 Å². The Balaban J connectivity index is 1.65. The van der Waals surface area contributed by atoms with Gasteiger partial charge in [-0.1, -0.05) is 6.42 Å². The van der Waals surface area contributed by atoms with E-state index < -0.39 is 0 Å². The van der Waals surface area contributed by atoms with Gasteiger partial charge in [0.25, 0.3) is 5.91 Å². The lowest BCUT2D eigenvalue weighted by Gasteiger charge is -2.24. The van der Waals surface area contributed by atoms with E-state index in [1.807, 2.05) is 17.9 Å². The van der Waals surface area contributed by atoms with Gasteiger partial charge in [-0.15, -0.1) is 21.5 Å². The fourth-order valence-electron chi connectivity index (χ4n) is 4.03. The molecule has 5 nitrogen and oxygen atoms in total. The second-order valence-electron chi connectivity index (χ2n) is 6.92. The molecule has 2 aromatic heterocycles. The Bertz CT molecular complexity index is 763. The highest BCUT2D eigenvalue weighted by molar-refractivity contribution is 7.12. The van der Waals surface area contributed by atoms with Crippen LogP contribution in [0.3, 0.4) is 0 Å². The molecule has 0 aliphatic carbocycles. The second kappa shape index (κ2) is 6.31. The zero-order valence-corrected chi connectivity index (χ0v) is 15.2. The molecule has 1 saturated heterocycles. The SMILES string of the molecule is Cc1cc(C(=O)N2CCC[C@@H]2c2nnc3n2CCCCC3)c(C)s1. The van der Waals surface area contributed by atoms with Gasteiger partial charge in [0.05, 0.1) is 11.6 Å². The monoisotopic (exact) mass is 344 g/mol. The van der Waals surface area contributed by atoms with Gasteiger partial charge >= 0.3 is 0 Å². The number of aryl methyl sites for hydroxylation is 3. The number of carbonyl (C=O) groups excluding carboxylic acids is 1. The number of nitrogens with zero attached hydrogens (tertiary/aromatic N) is 4. The van der Waals surface area contributed by atoms with Crippen molar-refractivity contribution in [2.24, 2.45) is 0 Å². The van der Waals surface area contributed by atoms with E-state index in [0.29, 0.717) is 0 Å². The van der Waals surface area contributed by atoms with E-state index in [1.165, 1.54) is 24.1 Å². The number of amides is 1. The number of carbonyl (C=O) groups is 1. The number of fused-ring (bicyclic) bond motifs is 1. The van der Waals surface area contributed by atoms with Crippen molar-refractivity contribution in [3.63, 3.8) is 0 Å². The third-order valence-corrected chi connectivity index (χ3v) is 6.19. The average molecular weight is 344 g/mol. The quantitative estimate of drug-likeness (QED) is 0.835. The minimum Gasteiger partial charge on any atom is -0.328 e. The summed E-state index contributed by atoms with van der Waals surface area (Å²) in [6.07, 6.45) is 6.67. The molecule has 2 aliphatic heterocycles. The Morgan fingerprint density at radius 3 is 2.83 bits per heavy atom. The van der Waals surface area contributed by atoms with E-state index in [2.05, 4.69) is 21.7 Å². The van der Waals surface area contributed by atoms with Crippen LogP contribution < -0.4 is 0 Å². The van der Waals surface area contributed by atoms with Gasteiger partial charge in [0, 0.05) is 29.3 Å². The first kappa shape index (κ1) is 15.8. The Labute approximate surface area is 146 Å². The smallest absolute Gasteiger partial charge is 0.255 e. The molecule has 4 rings (SSSR count). The molecule has 4 heterocycles. The minimum atomic E-state index is 0.0801. The molecule has 0 radical (unpaired) electrons. The van der Waals surface area contributed by atoms with Crippen LogP contribution in [0.5, 0.6) is 0 Å². The van der Waals surface area contributed by atoms with Crippen LogP contribution in [0.1, 0.15) is 69.9 Å². The molecule has 0 unspecified atom stereocenters. The maximum absolute atomic E-state index is 13.1. The predicted molar refractivity (Wildman–Crippen MR) is 94.4 cm³/mol. The maximum Gasteiger partial charge on any atom is 0.255 e. The van der Waals surface area contributed by atoms with Crippen LogP contribution in [-0.2, 0) is 13.0 Å². The number of likely N-dealkylation sites (tertiary alicyclic amines) is 1. The van der Waals surface area contributed by atoms with Gasteiger partial charge in [-0.3, -0.25) is 4.79 Å². The number of thiophene rings is 1. The second-order valence-corrected chi connectivity index (χ2v) is 8.38. The van der Waals surface area contributed by atoms with E-state index in [0.717, 1.165) is 54.4 Å². The third-order valence-electron chi connectivity index (χ3n) is 5.22. The third kappa shape index (κ3) is 2.66. The molecular formula is C18H24N4OS. The normalized spacial score (nSPS) is 20.9. The van der Waals surface area contributed by atoms with Gasteiger partial charge < -0.3 is 9.47 Å². The van der Waals surface area contributed by atoms with Crippen molar-refractivity contribution in [3.05, 3.63) is 33.0 Å². The average Bonchev–Trinajstić information content (AvgIpc) is 3.22. The summed E-state index contributed by atoms with van der Waals surface area (Å²) >= 11 is 1.70. The van der Waals surface area contributed by atoms with Crippen LogP contribution in [0.15, 0.2) is 6.07 Å². The summed E-state index contributed by atoms with van der Waals surface area (Å²) in [6.45, 7) is 5.92. The van der Waals surface area contributed by atoms with Crippen molar-refractivity contribution in [2.45, 2.75) is 65.0 Å². The molecule has 0 bridgehead atoms. The van der Waals surface area contributed by atoms with E-state index >= 15 is 0 Å². The molecule has 2 aliphatic rings. The number of hydrogen-bond acceptors (Lipinski definition) is 4. The minimum absolute atomic E-state index is 0.0801. The van der Waals surface area contributed by atoms with Gasteiger partial charge in [-0.2, -0.15) is 0 Å². The van der Waals surface area contributed by atoms with Gasteiger partial charge in [-0.05, 0) is 45.6 Å². The highest BCUT2D eigenvalue weighted by Crippen LogP contribution is 2.34. The van der Waals surface area contributed by atoms with Crippen LogP contribution in [0.2, 0.25) is 0 Å². The molecule has 0 spiro atoms. The van der Waals surface area contributed by atoms with E-state index in [-0.39, 0.29) is 11.9 Å². The first-order chi connectivity index (χ1) is 11.6. The Kier molecular flexibility index (Phi) is 4.16. The van der Waals surface area contributed by atoms with Crippen LogP contribution >= 0.6 is 11.3 Å². The zero-order valence-electron chi connectivity index (χ0n) is 14.4. The van der Waals surface area contributed by atoms with Gasteiger partial charge in [-0.25, -0.2) is 0 Å². The predicted octanol–water partition coefficient (Wildman–Crippen LogP) is 3.66. The molecule has 1 atom stereocenters. The zero-order chi connectivity index (χ0) is 16.7. The number of hydrogen-bond donors (Lipinski definition) is 0. The van der Waals surface area contributed by atoms with Gasteiger partial charge in [0.2, 0.25) is 0 Å². The summed E-state index contributed by atoms with van der Waals surface area (Å²) in [6, 6.07) is 2.11. The highest BCUT2D eigenvalue weighted by Gasteiger charge is 2.35. The Hall–Kier alpha value is -1.69. The number of rotatable bonds is 2. The van der Waals surface area contributed by atoms with Crippen LogP contribution in [-0.4, -0.2) is 32.1 Å². The van der Waals surface area contributed by atoms with Crippen LogP contribution in [0.25, 0.3) is 0 Å². The molecule has 1 amide bonds. The lowest BCUT2D eigenvalue weighted by Crippen LogP contribution is -2.32. The first-order valence-corrected chi connectivity index (χ1v) is 9.77. The summed E-state index contributed by atoms with van der Waals surface area (Å²) in [5.41, 5.74) is 0.861. The fourth-order valence-corrected chi connectivity index (χ4v) is 4.95. The van der Waals surface area contributed by atoms with Crippen molar-refractivity contribution < 1.29 is 4.79 Å². The van der Waals surface area contributed by atoms with Crippen molar-refractivity contribution in [1.29, 1.82) is 0 Å². The molecule has 6 heteroatoms. The summed E-state index contributed by atoms with van der Waals surface area (Å²) < 4.78 is 2.29. The largest absolute Gasteiger partial charge is 0.328 e. The van der Waals surface area contributed by atoms with Crippen LogP contribution in [0.4, 0.5) is 0 Å². The molecule has 0 aromatic carbocycles. The maximum atomic E-state index is 13.1. The summed E-state index contributed by atoms with van der Waals surface area (Å²) in [4.78, 5) is 17.4. The van der Waals surface area contributed by atoms with Crippen molar-refractivity contribution in [1.82, 2.24) is 19.7 Å². The number of aromatic nitrogens is 3. The molecular weight excluding hydrogens is 320 g/mol. The molecule has 24 heavy (non-hydrogen) atoms. The molecule has 128 valence electrons. The molecule has 0 saturated carbocycles. The van der Waals surface area contributed by atoms with Crippen molar-refractivity contribution in [3.8, 4) is 0 Å². The van der Waals surface area contributed by atoms with Gasteiger partial charge in [0.15, 0.2) is 5.82 Å². The van der Waals surface area contributed by atoms with E-state index in [4.69, 9.17) is 0 Å². The molecule has 1 fully saturated rings.